The predicted molar refractivity (Wildman–Crippen MR) is 138 cm³/mol. The van der Waals surface area contributed by atoms with Crippen molar-refractivity contribution in [2.24, 2.45) is 0 Å². The van der Waals surface area contributed by atoms with Crippen molar-refractivity contribution in [1.29, 1.82) is 10.5 Å². The lowest BCUT2D eigenvalue weighted by Gasteiger charge is -2.28. The van der Waals surface area contributed by atoms with Gasteiger partial charge in [-0.2, -0.15) is 10.5 Å². The molecule has 12 heteroatoms. The van der Waals surface area contributed by atoms with Gasteiger partial charge in [0.05, 0.1) is 56.1 Å². The van der Waals surface area contributed by atoms with Gasteiger partial charge in [0.15, 0.2) is 0 Å². The van der Waals surface area contributed by atoms with Gasteiger partial charge < -0.3 is 20.9 Å². The molecule has 0 saturated carbocycles. The Bertz CT molecular complexity index is 1210. The van der Waals surface area contributed by atoms with E-state index in [0.717, 1.165) is 0 Å². The zero-order valence-corrected chi connectivity index (χ0v) is 21.1. The largest absolute Gasteiger partial charge is 0.733 e. The monoisotopic (exact) mass is 564 g/mol. The summed E-state index contributed by atoms with van der Waals surface area (Å²) in [5.74, 6) is 0. The minimum absolute atomic E-state index is 0.165. The molecule has 0 amide bonds. The van der Waals surface area contributed by atoms with Crippen molar-refractivity contribution >= 4 is 57.8 Å². The number of nitrogens with zero attached hydrogens (tertiary/aromatic N) is 4. The fourth-order valence-electron chi connectivity index (χ4n) is 3.54. The van der Waals surface area contributed by atoms with Gasteiger partial charge in [-0.1, -0.05) is 36.4 Å². The molecule has 186 valence electrons. The van der Waals surface area contributed by atoms with Crippen molar-refractivity contribution in [3.63, 3.8) is 0 Å². The normalized spacial score (nSPS) is 14.2. The summed E-state index contributed by atoms with van der Waals surface area (Å²) >= 11 is 26.2. The maximum absolute atomic E-state index is 11.6. The smallest absolute Gasteiger partial charge is 0.0992 e. The van der Waals surface area contributed by atoms with Gasteiger partial charge in [-0.05, 0) is 46.5 Å². The van der Waals surface area contributed by atoms with Crippen LogP contribution in [0.5, 0.6) is 0 Å². The number of hydrogen-bond donors (Lipinski definition) is 2. The molecule has 0 aliphatic rings. The van der Waals surface area contributed by atoms with Gasteiger partial charge in [0.25, 0.3) is 0 Å². The van der Waals surface area contributed by atoms with Crippen LogP contribution in [-0.4, -0.2) is 10.4 Å². The van der Waals surface area contributed by atoms with E-state index in [4.69, 9.17) is 56.9 Å². The average molecular weight is 566 g/mol. The summed E-state index contributed by atoms with van der Waals surface area (Å²) in [6.07, 6.45) is 0. The first-order chi connectivity index (χ1) is 17.1. The molecule has 0 heterocycles. The van der Waals surface area contributed by atoms with Gasteiger partial charge >= 0.3 is 0 Å². The first-order valence-electron chi connectivity index (χ1n) is 10.2. The molecular weight excluding hydrogens is 550 g/mol. The Kier molecular flexibility index (Phi) is 9.26. The molecule has 0 unspecified atom stereocenters. The SMILES string of the molecule is N#Cc1ccc([C@@H](Cl)[C@@H](Cl)c2ccc([C@H](Cl)[C@@H](Cl)c3ccc(C#N)cc3N([O-])O)cc2)c(N([O-])O)c1. The molecule has 4 atom stereocenters. The van der Waals surface area contributed by atoms with Gasteiger partial charge in [-0.3, -0.25) is 10.4 Å². The lowest BCUT2D eigenvalue weighted by atomic mass is 9.97. The summed E-state index contributed by atoms with van der Waals surface area (Å²) in [5, 5.41) is 55.8. The molecule has 8 nitrogen and oxygen atoms in total. The quantitative estimate of drug-likeness (QED) is 0.213. The average Bonchev–Trinajstić information content (AvgIpc) is 2.90. The zero-order chi connectivity index (χ0) is 26.6. The molecule has 0 radical (unpaired) electrons. The van der Waals surface area contributed by atoms with E-state index in [1.54, 1.807) is 24.3 Å². The Morgan fingerprint density at radius 1 is 0.611 bits per heavy atom. The summed E-state index contributed by atoms with van der Waals surface area (Å²) in [7, 11) is 0. The summed E-state index contributed by atoms with van der Waals surface area (Å²) in [4.78, 5) is 0. The summed E-state index contributed by atoms with van der Waals surface area (Å²) in [6.45, 7) is 0. The number of rotatable bonds is 8. The van der Waals surface area contributed by atoms with Crippen LogP contribution in [0.1, 0.15) is 54.9 Å². The molecule has 0 spiro atoms. The van der Waals surface area contributed by atoms with E-state index in [-0.39, 0.29) is 44.1 Å². The highest BCUT2D eigenvalue weighted by molar-refractivity contribution is 6.31. The molecule has 36 heavy (non-hydrogen) atoms. The van der Waals surface area contributed by atoms with Crippen LogP contribution in [0.4, 0.5) is 11.4 Å². The molecule has 0 fully saturated rings. The molecule has 0 aromatic heterocycles. The minimum Gasteiger partial charge on any atom is -0.733 e. The van der Waals surface area contributed by atoms with Crippen molar-refractivity contribution in [3.05, 3.63) is 104 Å². The van der Waals surface area contributed by atoms with Crippen LogP contribution >= 0.6 is 46.4 Å². The first kappa shape index (κ1) is 27.8. The second kappa shape index (κ2) is 12.0. The van der Waals surface area contributed by atoms with E-state index in [9.17, 15) is 20.8 Å². The lowest BCUT2D eigenvalue weighted by molar-refractivity contribution is 0.295. The zero-order valence-electron chi connectivity index (χ0n) is 18.1. The van der Waals surface area contributed by atoms with Crippen LogP contribution in [-0.2, 0) is 0 Å². The summed E-state index contributed by atoms with van der Waals surface area (Å²) in [5.41, 5.74) is 1.54. The van der Waals surface area contributed by atoms with E-state index in [1.165, 1.54) is 36.4 Å². The fraction of sp³-hybridized carbons (Fsp3) is 0.167. The van der Waals surface area contributed by atoms with Gasteiger partial charge in [0, 0.05) is 0 Å². The molecule has 0 saturated heterocycles. The van der Waals surface area contributed by atoms with Crippen molar-refractivity contribution < 1.29 is 10.4 Å². The number of benzene rings is 3. The molecule has 0 aliphatic carbocycles. The lowest BCUT2D eigenvalue weighted by Crippen LogP contribution is -2.13. The fourth-order valence-corrected chi connectivity index (χ4v) is 4.76. The molecular formula is C24H16Cl4N4O4-2. The van der Waals surface area contributed by atoms with Crippen molar-refractivity contribution in [2.45, 2.75) is 21.5 Å². The predicted octanol–water partition coefficient (Wildman–Crippen LogP) is 7.34. The van der Waals surface area contributed by atoms with Crippen molar-refractivity contribution in [3.8, 4) is 12.1 Å². The summed E-state index contributed by atoms with van der Waals surface area (Å²) < 4.78 is 0. The van der Waals surface area contributed by atoms with Crippen LogP contribution in [0.2, 0.25) is 0 Å². The van der Waals surface area contributed by atoms with E-state index >= 15 is 0 Å². The topological polar surface area (TPSA) is 141 Å². The van der Waals surface area contributed by atoms with Gasteiger partial charge in [-0.25, -0.2) is 0 Å². The van der Waals surface area contributed by atoms with E-state index in [0.29, 0.717) is 11.1 Å². The standard InChI is InChI=1S/C24H16Cl4N4O4/c25-21(23(27)17-7-1-13(11-29)9-19(17)31(33)34)15-3-5-16(6-4-15)22(26)24(28)18-8-2-14(12-30)10-20(18)32(35)36/h1-10,21-24,33,35H/q-2/t21-,22-,23-,24+/m0/s1. The van der Waals surface area contributed by atoms with E-state index in [1.807, 2.05) is 12.1 Å². The Labute approximate surface area is 226 Å². The summed E-state index contributed by atoms with van der Waals surface area (Å²) in [6, 6.07) is 18.6. The van der Waals surface area contributed by atoms with Gasteiger partial charge in [0.2, 0.25) is 0 Å². The van der Waals surface area contributed by atoms with Crippen LogP contribution in [0.15, 0.2) is 60.7 Å². The Morgan fingerprint density at radius 2 is 0.944 bits per heavy atom. The van der Waals surface area contributed by atoms with Gasteiger partial charge in [-0.15, -0.1) is 46.4 Å². The number of alkyl halides is 4. The molecule has 0 bridgehead atoms. The molecule has 3 rings (SSSR count). The van der Waals surface area contributed by atoms with Gasteiger partial charge in [0.1, 0.15) is 0 Å². The first-order valence-corrected chi connectivity index (χ1v) is 11.9. The number of nitriles is 2. The second-order valence-electron chi connectivity index (χ2n) is 7.59. The van der Waals surface area contributed by atoms with Crippen LogP contribution in [0, 0.1) is 33.1 Å². The number of anilines is 2. The van der Waals surface area contributed by atoms with Crippen molar-refractivity contribution in [1.82, 2.24) is 0 Å². The molecule has 3 aromatic carbocycles. The van der Waals surface area contributed by atoms with Crippen LogP contribution in [0.25, 0.3) is 0 Å². The van der Waals surface area contributed by atoms with E-state index < -0.39 is 21.5 Å². The third-order valence-corrected chi connectivity index (χ3v) is 7.65. The third-order valence-electron chi connectivity index (χ3n) is 5.41. The third kappa shape index (κ3) is 5.96. The highest BCUT2D eigenvalue weighted by Gasteiger charge is 2.26. The van der Waals surface area contributed by atoms with Crippen LogP contribution < -0.4 is 10.5 Å². The Morgan fingerprint density at radius 3 is 1.22 bits per heavy atom. The number of halogens is 4. The number of hydrogen-bond acceptors (Lipinski definition) is 8. The van der Waals surface area contributed by atoms with Crippen LogP contribution in [0.3, 0.4) is 0 Å². The Balaban J connectivity index is 1.84. The van der Waals surface area contributed by atoms with Crippen molar-refractivity contribution in [2.75, 3.05) is 10.5 Å². The highest BCUT2D eigenvalue weighted by Crippen LogP contribution is 2.45. The maximum atomic E-state index is 11.6. The van der Waals surface area contributed by atoms with E-state index in [2.05, 4.69) is 0 Å². The maximum Gasteiger partial charge on any atom is 0.0992 e. The minimum atomic E-state index is -0.940. The molecule has 2 N–H and O–H groups in total. The highest BCUT2D eigenvalue weighted by atomic mass is 35.5. The second-order valence-corrected chi connectivity index (χ2v) is 9.47. The molecule has 3 aromatic rings. The Hall–Kier alpha value is -2.76. The molecule has 0 aliphatic heterocycles.